The Kier molecular flexibility index (Phi) is 10.4. The van der Waals surface area contributed by atoms with Crippen molar-refractivity contribution in [1.82, 2.24) is 0 Å². The summed E-state index contributed by atoms with van der Waals surface area (Å²) in [5.74, 6) is -3.47. The van der Waals surface area contributed by atoms with E-state index in [-0.39, 0.29) is 46.2 Å². The molecule has 0 saturated carbocycles. The summed E-state index contributed by atoms with van der Waals surface area (Å²) in [4.78, 5) is 21.0. The Labute approximate surface area is 167 Å². The quantitative estimate of drug-likeness (QED) is 0.207. The largest absolute Gasteiger partial charge is 0.485 e. The molecule has 0 aliphatic heterocycles. The molecule has 1 aromatic carbocycles. The Morgan fingerprint density at radius 3 is 1.93 bits per heavy atom. The third kappa shape index (κ3) is 10.7. The fourth-order valence-electron chi connectivity index (χ4n) is 1.96. The molecule has 0 spiro atoms. The van der Waals surface area contributed by atoms with Crippen LogP contribution in [0.15, 0.2) is 12.1 Å². The fraction of sp³-hybridized carbons (Fsp3) is 0.611. The van der Waals surface area contributed by atoms with E-state index < -0.39 is 39.6 Å². The number of hydrogen-bond donors (Lipinski definition) is 0. The molecule has 0 fully saturated rings. The molecule has 164 valence electrons. The maximum atomic E-state index is 13.6. The first-order valence-electron chi connectivity index (χ1n) is 8.81. The van der Waals surface area contributed by atoms with Gasteiger partial charge in [-0.25, -0.2) is 13.6 Å². The summed E-state index contributed by atoms with van der Waals surface area (Å²) >= 11 is 0. The fourth-order valence-corrected chi connectivity index (χ4v) is 1.96. The van der Waals surface area contributed by atoms with Gasteiger partial charge in [-0.3, -0.25) is 10.1 Å². The van der Waals surface area contributed by atoms with Crippen molar-refractivity contribution in [2.75, 3.05) is 46.2 Å². The number of halogens is 2. The van der Waals surface area contributed by atoms with Gasteiger partial charge in [0, 0.05) is 0 Å². The number of esters is 1. The molecule has 0 aliphatic rings. The predicted octanol–water partition coefficient (Wildman–Crippen LogP) is 2.64. The van der Waals surface area contributed by atoms with Crippen molar-refractivity contribution in [1.29, 1.82) is 0 Å². The summed E-state index contributed by atoms with van der Waals surface area (Å²) < 4.78 is 52.7. The number of benzene rings is 1. The second-order valence-corrected chi connectivity index (χ2v) is 6.71. The number of nitro benzene ring substituents is 1. The van der Waals surface area contributed by atoms with Crippen LogP contribution in [0.5, 0.6) is 5.75 Å². The van der Waals surface area contributed by atoms with Crippen LogP contribution in [0.25, 0.3) is 0 Å². The second kappa shape index (κ2) is 12.2. The Hall–Kier alpha value is -2.37. The Balaban J connectivity index is 2.06. The van der Waals surface area contributed by atoms with E-state index in [2.05, 4.69) is 0 Å². The van der Waals surface area contributed by atoms with E-state index in [0.717, 1.165) is 0 Å². The topological polar surface area (TPSA) is 106 Å². The summed E-state index contributed by atoms with van der Waals surface area (Å²) in [6.45, 7) is 5.93. The first-order valence-corrected chi connectivity index (χ1v) is 8.81. The molecule has 0 radical (unpaired) electrons. The summed E-state index contributed by atoms with van der Waals surface area (Å²) in [7, 11) is 0. The van der Waals surface area contributed by atoms with E-state index in [1.54, 1.807) is 20.8 Å². The molecule has 11 heteroatoms. The lowest BCUT2D eigenvalue weighted by molar-refractivity contribution is -0.385. The van der Waals surface area contributed by atoms with Crippen molar-refractivity contribution < 1.29 is 42.2 Å². The van der Waals surface area contributed by atoms with Crippen LogP contribution in [0, 0.1) is 21.7 Å². The zero-order valence-electron chi connectivity index (χ0n) is 16.6. The molecule has 0 amide bonds. The summed E-state index contributed by atoms with van der Waals surface area (Å²) in [5, 5.41) is 10.5. The Bertz CT molecular complexity index is 655. The van der Waals surface area contributed by atoms with Gasteiger partial charge in [0.1, 0.15) is 18.8 Å². The minimum Gasteiger partial charge on any atom is -0.485 e. The lowest BCUT2D eigenvalue weighted by Gasteiger charge is -2.19. The maximum absolute atomic E-state index is 13.6. The monoisotopic (exact) mass is 421 g/mol. The van der Waals surface area contributed by atoms with E-state index in [1.165, 1.54) is 0 Å². The smallest absolute Gasteiger partial charge is 0.332 e. The normalized spacial score (nSPS) is 11.3. The van der Waals surface area contributed by atoms with Crippen LogP contribution in [-0.2, 0) is 23.7 Å². The zero-order valence-corrected chi connectivity index (χ0v) is 16.6. The lowest BCUT2D eigenvalue weighted by Crippen LogP contribution is -2.27. The van der Waals surface area contributed by atoms with Crippen molar-refractivity contribution in [3.8, 4) is 5.75 Å². The van der Waals surface area contributed by atoms with Gasteiger partial charge in [-0.1, -0.05) is 0 Å². The average Bonchev–Trinajstić information content (AvgIpc) is 2.59. The summed E-state index contributed by atoms with van der Waals surface area (Å²) in [6, 6.07) is 1.16. The Morgan fingerprint density at radius 1 is 0.966 bits per heavy atom. The number of carbonyl (C=O) groups is 1. The van der Waals surface area contributed by atoms with Gasteiger partial charge in [0.25, 0.3) is 5.69 Å². The molecule has 1 rings (SSSR count). The molecule has 9 nitrogen and oxygen atoms in total. The zero-order chi connectivity index (χ0) is 21.9. The molecule has 29 heavy (non-hydrogen) atoms. The van der Waals surface area contributed by atoms with Crippen molar-refractivity contribution in [3.63, 3.8) is 0 Å². The lowest BCUT2D eigenvalue weighted by atomic mass is 10.2. The number of carbonyl (C=O) groups excluding carboxylic acids is 1. The van der Waals surface area contributed by atoms with Gasteiger partial charge in [0.05, 0.1) is 50.1 Å². The van der Waals surface area contributed by atoms with Gasteiger partial charge in [0.15, 0.2) is 17.4 Å². The number of hydrogen-bond acceptors (Lipinski definition) is 8. The minimum atomic E-state index is -1.16. The summed E-state index contributed by atoms with van der Waals surface area (Å²) in [6.07, 6.45) is 0. The molecule has 0 aromatic heterocycles. The van der Waals surface area contributed by atoms with Crippen LogP contribution >= 0.6 is 0 Å². The van der Waals surface area contributed by atoms with E-state index in [4.69, 9.17) is 23.7 Å². The van der Waals surface area contributed by atoms with E-state index in [1.807, 2.05) is 0 Å². The molecular weight excluding hydrogens is 396 g/mol. The predicted molar refractivity (Wildman–Crippen MR) is 96.8 cm³/mol. The van der Waals surface area contributed by atoms with Crippen molar-refractivity contribution in [3.05, 3.63) is 33.9 Å². The first kappa shape index (κ1) is 24.7. The van der Waals surface area contributed by atoms with Gasteiger partial charge in [-0.05, 0) is 20.8 Å². The maximum Gasteiger partial charge on any atom is 0.332 e. The molecule has 0 saturated heterocycles. The van der Waals surface area contributed by atoms with E-state index in [9.17, 15) is 23.7 Å². The average molecular weight is 421 g/mol. The number of nitrogens with zero attached hydrogens (tertiary/aromatic N) is 1. The van der Waals surface area contributed by atoms with Gasteiger partial charge in [-0.15, -0.1) is 0 Å². The number of rotatable bonds is 13. The highest BCUT2D eigenvalue weighted by Gasteiger charge is 2.18. The van der Waals surface area contributed by atoms with Gasteiger partial charge >= 0.3 is 5.97 Å². The third-order valence-corrected chi connectivity index (χ3v) is 3.05. The molecule has 0 atom stereocenters. The molecule has 0 N–H and O–H groups in total. The van der Waals surface area contributed by atoms with E-state index in [0.29, 0.717) is 12.1 Å². The van der Waals surface area contributed by atoms with Gasteiger partial charge in [-0.2, -0.15) is 0 Å². The van der Waals surface area contributed by atoms with Crippen molar-refractivity contribution >= 4 is 11.7 Å². The number of nitro groups is 1. The van der Waals surface area contributed by atoms with Crippen LogP contribution in [0.3, 0.4) is 0 Å². The van der Waals surface area contributed by atoms with Crippen LogP contribution in [0.4, 0.5) is 14.5 Å². The van der Waals surface area contributed by atoms with Crippen LogP contribution in [-0.4, -0.2) is 62.7 Å². The van der Waals surface area contributed by atoms with Crippen molar-refractivity contribution in [2.24, 2.45) is 0 Å². The van der Waals surface area contributed by atoms with Crippen LogP contribution in [0.1, 0.15) is 20.8 Å². The SMILES string of the molecule is CC(C)(C)OC(=O)COCCOCCOCCOc1c(F)cc([N+](=O)[O-])cc1F. The highest BCUT2D eigenvalue weighted by Crippen LogP contribution is 2.26. The second-order valence-electron chi connectivity index (χ2n) is 6.71. The minimum absolute atomic E-state index is 0.0361. The van der Waals surface area contributed by atoms with Crippen LogP contribution < -0.4 is 4.74 Å². The number of ether oxygens (including phenoxy) is 5. The van der Waals surface area contributed by atoms with Gasteiger partial charge in [0.2, 0.25) is 0 Å². The standard InChI is InChI=1S/C18H25F2NO8/c1-18(2,3)29-16(22)12-27-7-6-25-4-5-26-8-9-28-17-14(19)10-13(21(23)24)11-15(17)20/h10-11H,4-9,12H2,1-3H3. The highest BCUT2D eigenvalue weighted by atomic mass is 19.1. The third-order valence-electron chi connectivity index (χ3n) is 3.05. The van der Waals surface area contributed by atoms with Crippen LogP contribution in [0.2, 0.25) is 0 Å². The first-order chi connectivity index (χ1) is 13.6. The van der Waals surface area contributed by atoms with Gasteiger partial charge < -0.3 is 23.7 Å². The molecule has 0 unspecified atom stereocenters. The summed E-state index contributed by atoms with van der Waals surface area (Å²) in [5.41, 5.74) is -1.26. The molecule has 0 bridgehead atoms. The molecule has 0 aliphatic carbocycles. The molecule has 1 aromatic rings. The van der Waals surface area contributed by atoms with Crippen molar-refractivity contribution in [2.45, 2.75) is 26.4 Å². The molecule has 0 heterocycles. The van der Waals surface area contributed by atoms with E-state index >= 15 is 0 Å². The number of non-ortho nitro benzene ring substituents is 1. The highest BCUT2D eigenvalue weighted by molar-refractivity contribution is 5.71. The molecular formula is C18H25F2NO8. The Morgan fingerprint density at radius 2 is 1.45 bits per heavy atom.